The Bertz CT molecular complexity index is 560. The predicted octanol–water partition coefficient (Wildman–Crippen LogP) is 1.78. The Morgan fingerprint density at radius 1 is 1.15 bits per heavy atom. The molecule has 104 valence electrons. The minimum absolute atomic E-state index is 0.130. The van der Waals surface area contributed by atoms with E-state index in [4.69, 9.17) is 4.74 Å². The Labute approximate surface area is 117 Å². The molecule has 0 aliphatic heterocycles. The Balaban J connectivity index is 2.08. The van der Waals surface area contributed by atoms with Gasteiger partial charge in [0.15, 0.2) is 0 Å². The van der Waals surface area contributed by atoms with Gasteiger partial charge in [-0.25, -0.2) is 4.39 Å². The lowest BCUT2D eigenvalue weighted by Crippen LogP contribution is -2.33. The van der Waals surface area contributed by atoms with Crippen LogP contribution in [0, 0.1) is 5.82 Å². The van der Waals surface area contributed by atoms with Crippen molar-refractivity contribution in [1.82, 2.24) is 0 Å². The minimum atomic E-state index is -1.71. The van der Waals surface area contributed by atoms with Crippen LogP contribution in [0.5, 0.6) is 0 Å². The van der Waals surface area contributed by atoms with Crippen LogP contribution >= 0.6 is 0 Å². The smallest absolute Gasteiger partial charge is 0.423 e. The molecule has 2 aromatic carbocycles. The molecule has 0 saturated carbocycles. The highest BCUT2D eigenvalue weighted by Crippen LogP contribution is 2.17. The second-order valence-corrected chi connectivity index (χ2v) is 4.58. The van der Waals surface area contributed by atoms with Crippen LogP contribution < -0.4 is 5.46 Å². The second kappa shape index (κ2) is 6.66. The third kappa shape index (κ3) is 3.66. The van der Waals surface area contributed by atoms with E-state index in [2.05, 4.69) is 0 Å². The van der Waals surface area contributed by atoms with Crippen LogP contribution in [-0.2, 0) is 11.3 Å². The van der Waals surface area contributed by atoms with Crippen molar-refractivity contribution >= 4 is 12.6 Å². The fourth-order valence-electron chi connectivity index (χ4n) is 1.97. The van der Waals surface area contributed by atoms with Gasteiger partial charge in [0.05, 0.1) is 12.7 Å². The summed E-state index contributed by atoms with van der Waals surface area (Å²) in [7, 11) is -1.71. The molecule has 0 aromatic heterocycles. The first kappa shape index (κ1) is 14.7. The average molecular weight is 274 g/mol. The maximum absolute atomic E-state index is 13.1. The third-order valence-electron chi connectivity index (χ3n) is 3.14. The summed E-state index contributed by atoms with van der Waals surface area (Å²) in [5, 5.41) is 18.5. The Morgan fingerprint density at radius 3 is 2.50 bits per heavy atom. The highest BCUT2D eigenvalue weighted by atomic mass is 19.1. The lowest BCUT2D eigenvalue weighted by Gasteiger charge is -2.15. The van der Waals surface area contributed by atoms with Crippen LogP contribution in [0.4, 0.5) is 4.39 Å². The number of halogens is 1. The van der Waals surface area contributed by atoms with E-state index >= 15 is 0 Å². The van der Waals surface area contributed by atoms with E-state index in [0.29, 0.717) is 5.56 Å². The van der Waals surface area contributed by atoms with Crippen molar-refractivity contribution in [3.63, 3.8) is 0 Å². The Hall–Kier alpha value is -1.69. The molecule has 0 aliphatic carbocycles. The summed E-state index contributed by atoms with van der Waals surface area (Å²) >= 11 is 0. The van der Waals surface area contributed by atoms with Crippen molar-refractivity contribution in [2.24, 2.45) is 0 Å². The number of ether oxygens (including phenoxy) is 1. The molecule has 0 aliphatic rings. The topological polar surface area (TPSA) is 49.7 Å². The van der Waals surface area contributed by atoms with Gasteiger partial charge in [-0.05, 0) is 35.6 Å². The monoisotopic (exact) mass is 274 g/mol. The zero-order chi connectivity index (χ0) is 14.5. The summed E-state index contributed by atoms with van der Waals surface area (Å²) in [6.45, 7) is 2.09. The van der Waals surface area contributed by atoms with Crippen LogP contribution in [0.25, 0.3) is 0 Å². The van der Waals surface area contributed by atoms with E-state index in [9.17, 15) is 14.4 Å². The first-order valence-electron chi connectivity index (χ1n) is 6.39. The van der Waals surface area contributed by atoms with Crippen molar-refractivity contribution in [3.8, 4) is 0 Å². The van der Waals surface area contributed by atoms with Gasteiger partial charge in [0, 0.05) is 0 Å². The molecule has 5 heteroatoms. The molecule has 2 aromatic rings. The van der Waals surface area contributed by atoms with Crippen molar-refractivity contribution in [2.75, 3.05) is 0 Å². The van der Waals surface area contributed by atoms with Gasteiger partial charge in [0.2, 0.25) is 0 Å². The standard InChI is InChI=1S/C15H16BFO3/c1-11(12-5-3-2-4-6-12)20-10-13-7-8-14(17)9-15(13)16(18)19/h2-9,11,18-19H,10H2,1H3. The Morgan fingerprint density at radius 2 is 1.85 bits per heavy atom. The van der Waals surface area contributed by atoms with Gasteiger partial charge in [0.1, 0.15) is 5.82 Å². The summed E-state index contributed by atoms with van der Waals surface area (Å²) < 4.78 is 18.8. The number of benzene rings is 2. The normalized spacial score (nSPS) is 12.2. The van der Waals surface area contributed by atoms with Crippen LogP contribution in [0.15, 0.2) is 48.5 Å². The summed E-state index contributed by atoms with van der Waals surface area (Å²) in [5.41, 5.74) is 1.72. The molecule has 0 fully saturated rings. The molecule has 0 spiro atoms. The average Bonchev–Trinajstić information content (AvgIpc) is 2.46. The van der Waals surface area contributed by atoms with E-state index < -0.39 is 12.9 Å². The molecule has 20 heavy (non-hydrogen) atoms. The summed E-state index contributed by atoms with van der Waals surface area (Å²) in [4.78, 5) is 0. The van der Waals surface area contributed by atoms with Gasteiger partial charge in [0.25, 0.3) is 0 Å². The summed E-state index contributed by atoms with van der Waals surface area (Å²) in [6.07, 6.45) is -0.134. The van der Waals surface area contributed by atoms with Crippen molar-refractivity contribution in [3.05, 3.63) is 65.5 Å². The van der Waals surface area contributed by atoms with Crippen molar-refractivity contribution in [2.45, 2.75) is 19.6 Å². The molecule has 0 bridgehead atoms. The number of rotatable bonds is 5. The summed E-state index contributed by atoms with van der Waals surface area (Å²) in [6, 6.07) is 13.6. The molecule has 3 nitrogen and oxygen atoms in total. The van der Waals surface area contributed by atoms with E-state index in [0.717, 1.165) is 11.6 Å². The van der Waals surface area contributed by atoms with Crippen LogP contribution in [-0.4, -0.2) is 17.2 Å². The molecule has 0 radical (unpaired) electrons. The lowest BCUT2D eigenvalue weighted by atomic mass is 9.77. The van der Waals surface area contributed by atoms with Crippen LogP contribution in [0.3, 0.4) is 0 Å². The van der Waals surface area contributed by atoms with Crippen LogP contribution in [0.1, 0.15) is 24.2 Å². The van der Waals surface area contributed by atoms with Gasteiger partial charge in [-0.1, -0.05) is 36.4 Å². The molecular weight excluding hydrogens is 258 g/mol. The molecule has 0 saturated heterocycles. The van der Waals surface area contributed by atoms with E-state index in [1.54, 1.807) is 0 Å². The maximum Gasteiger partial charge on any atom is 0.488 e. The van der Waals surface area contributed by atoms with Crippen molar-refractivity contribution in [1.29, 1.82) is 0 Å². The largest absolute Gasteiger partial charge is 0.488 e. The minimum Gasteiger partial charge on any atom is -0.423 e. The number of hydrogen-bond acceptors (Lipinski definition) is 3. The van der Waals surface area contributed by atoms with Crippen LogP contribution in [0.2, 0.25) is 0 Å². The Kier molecular flexibility index (Phi) is 4.90. The molecule has 2 rings (SSSR count). The van der Waals surface area contributed by atoms with Gasteiger partial charge in [-0.2, -0.15) is 0 Å². The predicted molar refractivity (Wildman–Crippen MR) is 75.9 cm³/mol. The quantitative estimate of drug-likeness (QED) is 0.817. The molecule has 2 N–H and O–H groups in total. The highest BCUT2D eigenvalue weighted by molar-refractivity contribution is 6.59. The number of hydrogen-bond donors (Lipinski definition) is 2. The molecule has 1 atom stereocenters. The van der Waals surface area contributed by atoms with Gasteiger partial charge < -0.3 is 14.8 Å². The first-order chi connectivity index (χ1) is 9.58. The molecule has 0 amide bonds. The van der Waals surface area contributed by atoms with Gasteiger partial charge in [-0.15, -0.1) is 0 Å². The molecule has 0 heterocycles. The molecule has 1 unspecified atom stereocenters. The fraction of sp³-hybridized carbons (Fsp3) is 0.200. The maximum atomic E-state index is 13.1. The first-order valence-corrected chi connectivity index (χ1v) is 6.39. The zero-order valence-electron chi connectivity index (χ0n) is 11.2. The second-order valence-electron chi connectivity index (χ2n) is 4.58. The van der Waals surface area contributed by atoms with E-state index in [1.807, 2.05) is 37.3 Å². The lowest BCUT2D eigenvalue weighted by molar-refractivity contribution is 0.0529. The van der Waals surface area contributed by atoms with Gasteiger partial charge >= 0.3 is 7.12 Å². The summed E-state index contributed by atoms with van der Waals surface area (Å²) in [5.74, 6) is -0.507. The third-order valence-corrected chi connectivity index (χ3v) is 3.14. The fourth-order valence-corrected chi connectivity index (χ4v) is 1.97. The molecular formula is C15H16BFO3. The van der Waals surface area contributed by atoms with E-state index in [-0.39, 0.29) is 18.2 Å². The zero-order valence-corrected chi connectivity index (χ0v) is 11.2. The highest BCUT2D eigenvalue weighted by Gasteiger charge is 2.17. The van der Waals surface area contributed by atoms with Gasteiger partial charge in [-0.3, -0.25) is 0 Å². The van der Waals surface area contributed by atoms with Crippen molar-refractivity contribution < 1.29 is 19.2 Å². The van der Waals surface area contributed by atoms with E-state index in [1.165, 1.54) is 12.1 Å². The SMILES string of the molecule is CC(OCc1ccc(F)cc1B(O)O)c1ccccc1.